The van der Waals surface area contributed by atoms with E-state index in [1.807, 2.05) is 41.8 Å². The predicted molar refractivity (Wildman–Crippen MR) is 110 cm³/mol. The van der Waals surface area contributed by atoms with Gasteiger partial charge in [0.25, 0.3) is 5.91 Å². The van der Waals surface area contributed by atoms with Crippen LogP contribution in [0.15, 0.2) is 59.5 Å². The number of nitrogens with one attached hydrogen (secondary N) is 2. The minimum Gasteiger partial charge on any atom is -0.354 e. The van der Waals surface area contributed by atoms with Gasteiger partial charge >= 0.3 is 0 Å². The Balaban J connectivity index is 1.59. The minimum atomic E-state index is -0.581. The predicted octanol–water partition coefficient (Wildman–Crippen LogP) is 4.10. The maximum atomic E-state index is 12.8. The topological polar surface area (TPSA) is 58.2 Å². The van der Waals surface area contributed by atoms with E-state index in [1.165, 1.54) is 29.8 Å². The first-order valence-corrected chi connectivity index (χ1v) is 10.4. The number of hydrogen-bond donors (Lipinski definition) is 2. The third-order valence-electron chi connectivity index (χ3n) is 4.78. The van der Waals surface area contributed by atoms with Crippen LogP contribution in [-0.2, 0) is 11.2 Å². The third kappa shape index (κ3) is 6.07. The van der Waals surface area contributed by atoms with Crippen LogP contribution in [0.4, 0.5) is 0 Å². The summed E-state index contributed by atoms with van der Waals surface area (Å²) in [4.78, 5) is 25.8. The summed E-state index contributed by atoms with van der Waals surface area (Å²) in [5.74, 6) is -0.323. The van der Waals surface area contributed by atoms with Crippen molar-refractivity contribution < 1.29 is 9.59 Å². The first-order chi connectivity index (χ1) is 13.2. The van der Waals surface area contributed by atoms with Gasteiger partial charge in [-0.15, -0.1) is 11.3 Å². The van der Waals surface area contributed by atoms with Gasteiger partial charge in [0.2, 0.25) is 5.91 Å². The van der Waals surface area contributed by atoms with Crippen LogP contribution >= 0.6 is 11.3 Å². The molecule has 1 aliphatic carbocycles. The molecule has 0 radical (unpaired) electrons. The van der Waals surface area contributed by atoms with Gasteiger partial charge in [0, 0.05) is 13.0 Å². The van der Waals surface area contributed by atoms with E-state index in [2.05, 4.69) is 16.7 Å². The first kappa shape index (κ1) is 19.4. The minimum absolute atomic E-state index is 0.125. The van der Waals surface area contributed by atoms with Crippen molar-refractivity contribution in [1.82, 2.24) is 10.6 Å². The van der Waals surface area contributed by atoms with Gasteiger partial charge in [0.1, 0.15) is 6.04 Å². The number of carbonyl (C=O) groups is 2. The molecule has 1 atom stereocenters. The highest BCUT2D eigenvalue weighted by Gasteiger charge is 2.22. The lowest BCUT2D eigenvalue weighted by atomic mass is 9.97. The molecule has 0 saturated heterocycles. The molecule has 0 spiro atoms. The number of benzene rings is 1. The second-order valence-electron chi connectivity index (χ2n) is 6.84. The zero-order valence-electron chi connectivity index (χ0n) is 15.4. The Kier molecular flexibility index (Phi) is 7.22. The van der Waals surface area contributed by atoms with Gasteiger partial charge in [-0.3, -0.25) is 9.59 Å². The van der Waals surface area contributed by atoms with Gasteiger partial charge in [0.15, 0.2) is 0 Å². The maximum Gasteiger partial charge on any atom is 0.262 e. The Morgan fingerprint density at radius 1 is 1.07 bits per heavy atom. The molecular weight excluding hydrogens is 356 g/mol. The lowest BCUT2D eigenvalue weighted by Gasteiger charge is -2.19. The van der Waals surface area contributed by atoms with E-state index in [-0.39, 0.29) is 11.8 Å². The number of rotatable bonds is 8. The quantitative estimate of drug-likeness (QED) is 0.676. The largest absolute Gasteiger partial charge is 0.354 e. The molecule has 0 unspecified atom stereocenters. The van der Waals surface area contributed by atoms with E-state index in [1.54, 1.807) is 6.07 Å². The van der Waals surface area contributed by atoms with Crippen molar-refractivity contribution in [2.45, 2.75) is 44.6 Å². The smallest absolute Gasteiger partial charge is 0.262 e. The summed E-state index contributed by atoms with van der Waals surface area (Å²) in [6.07, 6.45) is 8.47. The molecule has 5 heteroatoms. The molecule has 3 rings (SSSR count). The Bertz CT molecular complexity index is 769. The molecule has 2 amide bonds. The van der Waals surface area contributed by atoms with E-state index >= 15 is 0 Å². The summed E-state index contributed by atoms with van der Waals surface area (Å²) in [6.45, 7) is 0.616. The molecule has 1 aliphatic rings. The van der Waals surface area contributed by atoms with E-state index in [0.717, 1.165) is 24.8 Å². The monoisotopic (exact) mass is 382 g/mol. The summed E-state index contributed by atoms with van der Waals surface area (Å²) in [7, 11) is 0. The molecule has 2 N–H and O–H groups in total. The van der Waals surface area contributed by atoms with Gasteiger partial charge in [0.05, 0.1) is 4.88 Å². The van der Waals surface area contributed by atoms with E-state index in [0.29, 0.717) is 17.8 Å². The summed E-state index contributed by atoms with van der Waals surface area (Å²) < 4.78 is 0. The molecule has 1 heterocycles. The van der Waals surface area contributed by atoms with Crippen molar-refractivity contribution in [2.75, 3.05) is 6.54 Å². The SMILES string of the molecule is O=C(N[C@@H](Cc1ccccc1)C(=O)NCCC1=CCCCC1)c1cccs1. The fourth-order valence-electron chi connectivity index (χ4n) is 3.30. The van der Waals surface area contributed by atoms with Crippen molar-refractivity contribution in [2.24, 2.45) is 0 Å². The van der Waals surface area contributed by atoms with E-state index < -0.39 is 6.04 Å². The highest BCUT2D eigenvalue weighted by molar-refractivity contribution is 7.12. The van der Waals surface area contributed by atoms with Crippen molar-refractivity contribution in [3.63, 3.8) is 0 Å². The van der Waals surface area contributed by atoms with Gasteiger partial charge in [-0.25, -0.2) is 0 Å². The molecule has 0 aliphatic heterocycles. The summed E-state index contributed by atoms with van der Waals surface area (Å²) in [6, 6.07) is 12.8. The zero-order chi connectivity index (χ0) is 18.9. The number of thiophene rings is 1. The van der Waals surface area contributed by atoms with Gasteiger partial charge in [-0.1, -0.05) is 48.0 Å². The Morgan fingerprint density at radius 3 is 2.63 bits per heavy atom. The van der Waals surface area contributed by atoms with Crippen LogP contribution in [-0.4, -0.2) is 24.4 Å². The lowest BCUT2D eigenvalue weighted by Crippen LogP contribution is -2.48. The fraction of sp³-hybridized carbons (Fsp3) is 0.364. The summed E-state index contributed by atoms with van der Waals surface area (Å²) >= 11 is 1.38. The normalized spacial score (nSPS) is 14.9. The van der Waals surface area contributed by atoms with Crippen molar-refractivity contribution >= 4 is 23.2 Å². The average Bonchev–Trinajstić information content (AvgIpc) is 3.24. The van der Waals surface area contributed by atoms with Crippen LogP contribution in [0.1, 0.15) is 47.3 Å². The average molecular weight is 383 g/mol. The number of hydrogen-bond acceptors (Lipinski definition) is 3. The van der Waals surface area contributed by atoms with Crippen LogP contribution in [0.2, 0.25) is 0 Å². The standard InChI is InChI=1S/C22H26N2O2S/c25-21(23-14-13-17-8-3-1-4-9-17)19(16-18-10-5-2-6-11-18)24-22(26)20-12-7-15-27-20/h2,5-8,10-12,15,19H,1,3-4,9,13-14,16H2,(H,23,25)(H,24,26)/t19-/m0/s1. The highest BCUT2D eigenvalue weighted by Crippen LogP contribution is 2.19. The van der Waals surface area contributed by atoms with Crippen LogP contribution in [0.25, 0.3) is 0 Å². The highest BCUT2D eigenvalue weighted by atomic mass is 32.1. The van der Waals surface area contributed by atoms with Gasteiger partial charge in [-0.05, 0) is 49.1 Å². The number of carbonyl (C=O) groups excluding carboxylic acids is 2. The Hall–Kier alpha value is -2.40. The third-order valence-corrected chi connectivity index (χ3v) is 5.65. The fourth-order valence-corrected chi connectivity index (χ4v) is 3.92. The summed E-state index contributed by atoms with van der Waals surface area (Å²) in [5.41, 5.74) is 2.46. The molecule has 4 nitrogen and oxygen atoms in total. The van der Waals surface area contributed by atoms with Crippen molar-refractivity contribution in [1.29, 1.82) is 0 Å². The summed E-state index contributed by atoms with van der Waals surface area (Å²) in [5, 5.41) is 7.77. The van der Waals surface area contributed by atoms with E-state index in [9.17, 15) is 9.59 Å². The molecule has 27 heavy (non-hydrogen) atoms. The maximum absolute atomic E-state index is 12.8. The zero-order valence-corrected chi connectivity index (χ0v) is 16.3. The second-order valence-corrected chi connectivity index (χ2v) is 7.79. The molecule has 0 fully saturated rings. The Morgan fingerprint density at radius 2 is 1.93 bits per heavy atom. The molecule has 142 valence electrons. The Labute approximate surface area is 164 Å². The number of amides is 2. The molecule has 2 aromatic rings. The molecule has 0 bridgehead atoms. The molecule has 1 aromatic heterocycles. The van der Waals surface area contributed by atoms with Gasteiger partial charge < -0.3 is 10.6 Å². The van der Waals surface area contributed by atoms with Crippen LogP contribution < -0.4 is 10.6 Å². The molecule has 1 aromatic carbocycles. The second kappa shape index (κ2) is 10.1. The van der Waals surface area contributed by atoms with Crippen LogP contribution in [0, 0.1) is 0 Å². The van der Waals surface area contributed by atoms with Gasteiger partial charge in [-0.2, -0.15) is 0 Å². The van der Waals surface area contributed by atoms with E-state index in [4.69, 9.17) is 0 Å². The number of allylic oxidation sites excluding steroid dienone is 1. The first-order valence-electron chi connectivity index (χ1n) is 9.56. The molecule has 0 saturated carbocycles. The molecular formula is C22H26N2O2S. The van der Waals surface area contributed by atoms with Crippen molar-refractivity contribution in [3.8, 4) is 0 Å². The van der Waals surface area contributed by atoms with Crippen LogP contribution in [0.3, 0.4) is 0 Å². The lowest BCUT2D eigenvalue weighted by molar-refractivity contribution is -0.122. The van der Waals surface area contributed by atoms with Crippen molar-refractivity contribution in [3.05, 3.63) is 69.9 Å². The van der Waals surface area contributed by atoms with Crippen LogP contribution in [0.5, 0.6) is 0 Å².